The van der Waals surface area contributed by atoms with Crippen molar-refractivity contribution in [3.8, 4) is 0 Å². The summed E-state index contributed by atoms with van der Waals surface area (Å²) >= 11 is 0. The molecule has 39 heavy (non-hydrogen) atoms. The van der Waals surface area contributed by atoms with E-state index in [0.717, 1.165) is 31.6 Å². The van der Waals surface area contributed by atoms with Crippen molar-refractivity contribution in [2.24, 2.45) is 9.81 Å². The van der Waals surface area contributed by atoms with Crippen molar-refractivity contribution < 1.29 is 56.3 Å². The van der Waals surface area contributed by atoms with Gasteiger partial charge in [0.15, 0.2) is 11.6 Å². The van der Waals surface area contributed by atoms with E-state index < -0.39 is 37.0 Å². The summed E-state index contributed by atoms with van der Waals surface area (Å²) in [4.78, 5) is 13.7. The maximum absolute atomic E-state index is 14.0. The van der Waals surface area contributed by atoms with Gasteiger partial charge in [-0.1, -0.05) is 63.6 Å². The minimum Gasteiger partial charge on any atom is -0.871 e. The molecule has 0 spiro atoms. The molecule has 2 aliphatic rings. The first-order valence-electron chi connectivity index (χ1n) is 12.3. The summed E-state index contributed by atoms with van der Waals surface area (Å²) in [5.74, 6) is -1.39. The summed E-state index contributed by atoms with van der Waals surface area (Å²) in [7, 11) is -7.99. The van der Waals surface area contributed by atoms with Crippen LogP contribution in [0.15, 0.2) is 57.3 Å². The Balaban J connectivity index is 0.00000420. The summed E-state index contributed by atoms with van der Waals surface area (Å²) in [5.41, 5.74) is -0.0599. The Morgan fingerprint density at radius 2 is 1.77 bits per heavy atom. The third-order valence-electron chi connectivity index (χ3n) is 6.84. The minimum atomic E-state index is -4.35. The van der Waals surface area contributed by atoms with Crippen molar-refractivity contribution in [2.75, 3.05) is 16.3 Å². The number of ketones is 1. The molecule has 1 atom stereocenters. The largest absolute Gasteiger partial charge is 1.00 e. The molecule has 0 fully saturated rings. The van der Waals surface area contributed by atoms with Crippen molar-refractivity contribution in [3.05, 3.63) is 59.2 Å². The molecule has 0 radical (unpaired) electrons. The second-order valence-corrected chi connectivity index (χ2v) is 14.6. The fourth-order valence-corrected chi connectivity index (χ4v) is 6.64. The standard InChI is InChI=1S/C27H33N3O6S2.Na/c1-26(2,3)14-8-9-15-27(4)19-11-7-6-10-18(19)23(31)22(24(27)32)25-28-20-13-12-17(29-37(5,33)34)16-21(20)38(35,36)30-25;/h6-7,10-13,16,29,31H,8-9,14-15H2,1-5H3,(H,28,30);/q;+1/p-1. The van der Waals surface area contributed by atoms with E-state index in [0.29, 0.717) is 17.5 Å². The Morgan fingerprint density at radius 3 is 2.41 bits per heavy atom. The molecule has 0 amide bonds. The smallest absolute Gasteiger partial charge is 0.871 e. The van der Waals surface area contributed by atoms with E-state index in [1.54, 1.807) is 31.2 Å². The van der Waals surface area contributed by atoms with Crippen LogP contribution < -0.4 is 44.7 Å². The number of carbonyl (C=O) groups excluding carboxylic acids is 1. The number of fused-ring (bicyclic) bond motifs is 2. The molecular weight excluding hydrogens is 549 g/mol. The van der Waals surface area contributed by atoms with Crippen LogP contribution >= 0.6 is 0 Å². The topological polar surface area (TPSA) is 145 Å². The first-order chi connectivity index (χ1) is 17.5. The van der Waals surface area contributed by atoms with Gasteiger partial charge in [-0.2, -0.15) is 8.42 Å². The number of hydrogen-bond donors (Lipinski definition) is 2. The van der Waals surface area contributed by atoms with Crippen LogP contribution in [0.25, 0.3) is 5.76 Å². The maximum Gasteiger partial charge on any atom is 1.00 e. The van der Waals surface area contributed by atoms with Crippen molar-refractivity contribution >= 4 is 48.8 Å². The van der Waals surface area contributed by atoms with Crippen LogP contribution in [0.5, 0.6) is 0 Å². The molecule has 1 aliphatic heterocycles. The van der Waals surface area contributed by atoms with Gasteiger partial charge in [0.2, 0.25) is 10.0 Å². The van der Waals surface area contributed by atoms with E-state index in [-0.39, 0.29) is 62.7 Å². The van der Waals surface area contributed by atoms with Crippen LogP contribution in [0.4, 0.5) is 11.4 Å². The second kappa shape index (κ2) is 11.0. The van der Waals surface area contributed by atoms with Crippen molar-refractivity contribution in [1.82, 2.24) is 0 Å². The average Bonchev–Trinajstić information content (AvgIpc) is 2.79. The van der Waals surface area contributed by atoms with Crippen molar-refractivity contribution in [1.29, 1.82) is 0 Å². The fourth-order valence-electron chi connectivity index (χ4n) is 4.94. The van der Waals surface area contributed by atoms with Crippen LogP contribution in [-0.2, 0) is 30.3 Å². The second-order valence-electron chi connectivity index (χ2n) is 11.3. The maximum atomic E-state index is 14.0. The molecule has 0 saturated heterocycles. The number of unbranched alkanes of at least 4 members (excludes halogenated alkanes) is 1. The van der Waals surface area contributed by atoms with Gasteiger partial charge in [-0.05, 0) is 54.5 Å². The third kappa shape index (κ3) is 6.59. The zero-order chi connectivity index (χ0) is 28.1. The summed E-state index contributed by atoms with van der Waals surface area (Å²) in [6.07, 6.45) is 4.08. The molecule has 204 valence electrons. The van der Waals surface area contributed by atoms with E-state index in [1.807, 2.05) is 0 Å². The molecule has 0 saturated carbocycles. The molecule has 0 aromatic heterocycles. The van der Waals surface area contributed by atoms with Gasteiger partial charge in [-0.15, -0.1) is 4.40 Å². The van der Waals surface area contributed by atoms with Gasteiger partial charge in [-0.3, -0.25) is 9.52 Å². The van der Waals surface area contributed by atoms with Crippen LogP contribution in [0.2, 0.25) is 0 Å². The molecular formula is C27H32N3NaO6S2. The van der Waals surface area contributed by atoms with Gasteiger partial charge in [0.25, 0.3) is 10.0 Å². The van der Waals surface area contributed by atoms with Crippen LogP contribution in [0, 0.1) is 5.41 Å². The number of hydrogen-bond acceptors (Lipinski definition) is 7. The van der Waals surface area contributed by atoms with E-state index in [1.165, 1.54) is 12.1 Å². The SMILES string of the molecule is CC(C)(C)CCCCC1(C)C(=O)C(C2=NS(=O)(=O)c3cc(NS(C)(=O)=O)ccc3N2)=C([O-])c2ccccc21.[Na+]. The Kier molecular flexibility index (Phi) is 8.85. The average molecular weight is 582 g/mol. The number of nitrogens with zero attached hydrogens (tertiary/aromatic N) is 1. The predicted octanol–water partition coefficient (Wildman–Crippen LogP) is 0.793. The van der Waals surface area contributed by atoms with Gasteiger partial charge in [0, 0.05) is 5.69 Å². The Hall–Kier alpha value is -2.18. The zero-order valence-electron chi connectivity index (χ0n) is 23.1. The zero-order valence-corrected chi connectivity index (χ0v) is 26.7. The normalized spacial score (nSPS) is 20.2. The van der Waals surface area contributed by atoms with Crippen molar-refractivity contribution in [2.45, 2.75) is 63.7 Å². The van der Waals surface area contributed by atoms with Gasteiger partial charge in [0.05, 0.1) is 22.9 Å². The number of anilines is 2. The Morgan fingerprint density at radius 1 is 1.10 bits per heavy atom. The number of amidine groups is 1. The third-order valence-corrected chi connectivity index (χ3v) is 8.76. The fraction of sp³-hybridized carbons (Fsp3) is 0.407. The van der Waals surface area contributed by atoms with Gasteiger partial charge in [0.1, 0.15) is 4.90 Å². The molecule has 1 unspecified atom stereocenters. The monoisotopic (exact) mass is 581 g/mol. The molecule has 9 nitrogen and oxygen atoms in total. The molecule has 0 bridgehead atoms. The van der Waals surface area contributed by atoms with Crippen LogP contribution in [0.1, 0.15) is 64.5 Å². The van der Waals surface area contributed by atoms with E-state index in [9.17, 15) is 26.7 Å². The predicted molar refractivity (Wildman–Crippen MR) is 147 cm³/mol. The quantitative estimate of drug-likeness (QED) is 0.363. The molecule has 4 rings (SSSR count). The van der Waals surface area contributed by atoms with Crippen LogP contribution in [-0.4, -0.2) is 34.7 Å². The van der Waals surface area contributed by atoms with Crippen LogP contribution in [0.3, 0.4) is 0 Å². The molecule has 1 heterocycles. The molecule has 12 heteroatoms. The molecule has 2 aromatic carbocycles. The molecule has 2 aromatic rings. The number of nitrogens with one attached hydrogen (secondary N) is 2. The molecule has 1 aliphatic carbocycles. The van der Waals surface area contributed by atoms with Gasteiger partial charge in [-0.25, -0.2) is 8.42 Å². The summed E-state index contributed by atoms with van der Waals surface area (Å²) in [6.45, 7) is 8.27. The van der Waals surface area contributed by atoms with E-state index >= 15 is 0 Å². The first kappa shape index (κ1) is 31.3. The summed E-state index contributed by atoms with van der Waals surface area (Å²) < 4.78 is 55.5. The molecule has 2 N–H and O–H groups in total. The van der Waals surface area contributed by atoms with E-state index in [2.05, 4.69) is 35.2 Å². The summed E-state index contributed by atoms with van der Waals surface area (Å²) in [6, 6.07) is 10.8. The Bertz CT molecular complexity index is 1590. The number of rotatable bonds is 7. The number of sulfonamides is 2. The number of carbonyl (C=O) groups is 1. The van der Waals surface area contributed by atoms with Crippen molar-refractivity contribution in [3.63, 3.8) is 0 Å². The summed E-state index contributed by atoms with van der Waals surface area (Å²) in [5, 5.41) is 16.4. The van der Waals surface area contributed by atoms with E-state index in [4.69, 9.17) is 0 Å². The van der Waals surface area contributed by atoms with Gasteiger partial charge < -0.3 is 10.4 Å². The first-order valence-corrected chi connectivity index (χ1v) is 15.7. The Labute approximate surface area is 252 Å². The van der Waals surface area contributed by atoms with Gasteiger partial charge >= 0.3 is 29.6 Å². The number of Topliss-reactive ketones (excluding diaryl/α,β-unsaturated/α-hetero) is 1. The minimum absolute atomic E-state index is 0. The number of benzene rings is 2.